The summed E-state index contributed by atoms with van der Waals surface area (Å²) in [5, 5.41) is 2.97. The van der Waals surface area contributed by atoms with Crippen molar-refractivity contribution in [1.29, 1.82) is 0 Å². The third-order valence-electron chi connectivity index (χ3n) is 4.21. The molecule has 1 N–H and O–H groups in total. The predicted octanol–water partition coefficient (Wildman–Crippen LogP) is 4.45. The maximum atomic E-state index is 12.5. The van der Waals surface area contributed by atoms with Gasteiger partial charge in [0.2, 0.25) is 5.95 Å². The molecule has 0 aliphatic carbocycles. The topological polar surface area (TPSA) is 50.2 Å². The van der Waals surface area contributed by atoms with Crippen molar-refractivity contribution in [3.05, 3.63) is 45.1 Å². The predicted molar refractivity (Wildman–Crippen MR) is 107 cm³/mol. The summed E-state index contributed by atoms with van der Waals surface area (Å²) in [7, 11) is 0. The highest BCUT2D eigenvalue weighted by Crippen LogP contribution is 2.24. The maximum Gasteiger partial charge on any atom is 0.268 e. The van der Waals surface area contributed by atoms with Crippen LogP contribution in [0.2, 0.25) is 0 Å². The largest absolute Gasteiger partial charge is 0.309 e. The van der Waals surface area contributed by atoms with Crippen molar-refractivity contribution < 1.29 is 4.79 Å². The van der Waals surface area contributed by atoms with Gasteiger partial charge in [-0.15, -0.1) is 11.3 Å². The molecule has 0 aliphatic rings. The van der Waals surface area contributed by atoms with E-state index in [-0.39, 0.29) is 5.91 Å². The summed E-state index contributed by atoms with van der Waals surface area (Å²) in [6.07, 6.45) is 0. The van der Waals surface area contributed by atoms with Gasteiger partial charge in [0, 0.05) is 13.1 Å². The molecule has 0 unspecified atom stereocenters. The molecular weight excluding hydrogens is 400 g/mol. The number of fused-ring (bicyclic) bond motifs is 1. The first-order chi connectivity index (χ1) is 12.1. The van der Waals surface area contributed by atoms with E-state index in [1.54, 1.807) is 0 Å². The van der Waals surface area contributed by atoms with Gasteiger partial charge in [-0.1, -0.05) is 26.0 Å². The Morgan fingerprint density at radius 1 is 1.24 bits per heavy atom. The van der Waals surface area contributed by atoms with Gasteiger partial charge in [0.05, 0.1) is 19.7 Å². The molecule has 2 heterocycles. The molecule has 0 saturated heterocycles. The highest BCUT2D eigenvalue weighted by molar-refractivity contribution is 9.11. The molecule has 3 aromatic rings. The Balaban J connectivity index is 1.88. The first kappa shape index (κ1) is 18.1. The number of rotatable bonds is 7. The van der Waals surface area contributed by atoms with Gasteiger partial charge in [0.25, 0.3) is 5.91 Å². The van der Waals surface area contributed by atoms with Gasteiger partial charge >= 0.3 is 0 Å². The summed E-state index contributed by atoms with van der Waals surface area (Å²) in [4.78, 5) is 20.2. The van der Waals surface area contributed by atoms with Crippen LogP contribution in [0.25, 0.3) is 11.0 Å². The fourth-order valence-electron chi connectivity index (χ4n) is 2.78. The Labute approximate surface area is 159 Å². The van der Waals surface area contributed by atoms with Crippen molar-refractivity contribution >= 4 is 50.2 Å². The van der Waals surface area contributed by atoms with E-state index in [1.165, 1.54) is 11.3 Å². The van der Waals surface area contributed by atoms with Gasteiger partial charge in [-0.25, -0.2) is 4.98 Å². The van der Waals surface area contributed by atoms with E-state index in [0.717, 1.165) is 41.0 Å². The van der Waals surface area contributed by atoms with Crippen molar-refractivity contribution in [1.82, 2.24) is 14.5 Å². The normalized spacial score (nSPS) is 11.4. The Bertz CT molecular complexity index is 869. The maximum absolute atomic E-state index is 12.5. The summed E-state index contributed by atoms with van der Waals surface area (Å²) in [6, 6.07) is 11.7. The molecular formula is C18H21BrN4OS. The van der Waals surface area contributed by atoms with Crippen molar-refractivity contribution in [2.75, 3.05) is 25.0 Å². The fraction of sp³-hybridized carbons (Fsp3) is 0.333. The zero-order valence-corrected chi connectivity index (χ0v) is 16.7. The molecule has 0 saturated carbocycles. The lowest BCUT2D eigenvalue weighted by Gasteiger charge is -2.19. The molecule has 1 amide bonds. The lowest BCUT2D eigenvalue weighted by molar-refractivity contribution is 0.102. The van der Waals surface area contributed by atoms with Gasteiger partial charge in [0.15, 0.2) is 0 Å². The van der Waals surface area contributed by atoms with Crippen LogP contribution >= 0.6 is 27.3 Å². The Kier molecular flexibility index (Phi) is 5.88. The molecule has 3 rings (SSSR count). The van der Waals surface area contributed by atoms with E-state index in [4.69, 9.17) is 0 Å². The zero-order valence-electron chi connectivity index (χ0n) is 14.3. The highest BCUT2D eigenvalue weighted by atomic mass is 79.9. The van der Waals surface area contributed by atoms with Gasteiger partial charge in [-0.2, -0.15) is 0 Å². The number of halogens is 1. The number of benzene rings is 1. The summed E-state index contributed by atoms with van der Waals surface area (Å²) in [6.45, 7) is 8.04. The lowest BCUT2D eigenvalue weighted by atomic mass is 10.3. The molecule has 7 heteroatoms. The minimum Gasteiger partial charge on any atom is -0.309 e. The van der Waals surface area contributed by atoms with Gasteiger partial charge in [0.1, 0.15) is 0 Å². The first-order valence-corrected chi connectivity index (χ1v) is 9.97. The van der Waals surface area contributed by atoms with Crippen molar-refractivity contribution in [2.45, 2.75) is 20.4 Å². The molecule has 0 fully saturated rings. The van der Waals surface area contributed by atoms with Crippen LogP contribution in [-0.2, 0) is 6.54 Å². The summed E-state index contributed by atoms with van der Waals surface area (Å²) >= 11 is 4.81. The number of nitrogens with one attached hydrogen (secondary N) is 1. The number of carbonyl (C=O) groups excluding carboxylic acids is 1. The molecule has 0 aliphatic heterocycles. The highest BCUT2D eigenvalue weighted by Gasteiger charge is 2.16. The number of carbonyl (C=O) groups is 1. The average Bonchev–Trinajstić information content (AvgIpc) is 3.20. The first-order valence-electron chi connectivity index (χ1n) is 8.36. The zero-order chi connectivity index (χ0) is 17.8. The van der Waals surface area contributed by atoms with Crippen molar-refractivity contribution in [2.24, 2.45) is 0 Å². The smallest absolute Gasteiger partial charge is 0.268 e. The van der Waals surface area contributed by atoms with E-state index in [1.807, 2.05) is 36.4 Å². The second-order valence-electron chi connectivity index (χ2n) is 5.66. The molecule has 1 aromatic carbocycles. The fourth-order valence-corrected chi connectivity index (χ4v) is 4.06. The van der Waals surface area contributed by atoms with Crippen LogP contribution in [0.4, 0.5) is 5.95 Å². The number of nitrogens with zero attached hydrogens (tertiary/aromatic N) is 3. The van der Waals surface area contributed by atoms with E-state index in [9.17, 15) is 4.79 Å². The third-order valence-corrected chi connectivity index (χ3v) is 5.83. The van der Waals surface area contributed by atoms with Crippen LogP contribution in [0.15, 0.2) is 40.2 Å². The number of aromatic nitrogens is 2. The Morgan fingerprint density at radius 3 is 2.68 bits per heavy atom. The third kappa shape index (κ3) is 4.11. The van der Waals surface area contributed by atoms with Crippen LogP contribution in [0, 0.1) is 0 Å². The van der Waals surface area contributed by atoms with E-state index < -0.39 is 0 Å². The minimum absolute atomic E-state index is 0.130. The van der Waals surface area contributed by atoms with Crippen LogP contribution < -0.4 is 5.32 Å². The van der Waals surface area contributed by atoms with E-state index in [2.05, 4.69) is 49.5 Å². The Hall–Kier alpha value is -1.70. The number of hydrogen-bond donors (Lipinski definition) is 1. The van der Waals surface area contributed by atoms with Crippen LogP contribution in [0.3, 0.4) is 0 Å². The molecule has 0 bridgehead atoms. The molecule has 2 aromatic heterocycles. The van der Waals surface area contributed by atoms with Crippen molar-refractivity contribution in [3.8, 4) is 0 Å². The number of thiophene rings is 1. The number of imidazole rings is 1. The SMILES string of the molecule is CCN(CC)CCn1c(NC(=O)c2ccc(Br)s2)nc2ccccc21. The molecule has 132 valence electrons. The lowest BCUT2D eigenvalue weighted by Crippen LogP contribution is -2.27. The molecule has 0 atom stereocenters. The molecule has 0 radical (unpaired) electrons. The summed E-state index contributed by atoms with van der Waals surface area (Å²) in [5.41, 5.74) is 1.93. The van der Waals surface area contributed by atoms with Crippen molar-refractivity contribution in [3.63, 3.8) is 0 Å². The van der Waals surface area contributed by atoms with Crippen LogP contribution in [0.5, 0.6) is 0 Å². The second-order valence-corrected chi connectivity index (χ2v) is 8.12. The number of para-hydroxylation sites is 2. The monoisotopic (exact) mass is 420 g/mol. The molecule has 5 nitrogen and oxygen atoms in total. The number of likely N-dealkylation sites (N-methyl/N-ethyl adjacent to an activating group) is 1. The van der Waals surface area contributed by atoms with Crippen LogP contribution in [-0.4, -0.2) is 40.0 Å². The minimum atomic E-state index is -0.130. The van der Waals surface area contributed by atoms with Gasteiger partial charge < -0.3 is 9.47 Å². The van der Waals surface area contributed by atoms with E-state index in [0.29, 0.717) is 10.8 Å². The Morgan fingerprint density at radius 2 is 2.00 bits per heavy atom. The van der Waals surface area contributed by atoms with E-state index >= 15 is 0 Å². The number of amides is 1. The van der Waals surface area contributed by atoms with Crippen LogP contribution in [0.1, 0.15) is 23.5 Å². The average molecular weight is 421 g/mol. The molecule has 0 spiro atoms. The number of hydrogen-bond acceptors (Lipinski definition) is 4. The summed E-state index contributed by atoms with van der Waals surface area (Å²) < 4.78 is 3.03. The molecule has 25 heavy (non-hydrogen) atoms. The van der Waals surface area contributed by atoms with Gasteiger partial charge in [-0.3, -0.25) is 10.1 Å². The standard InChI is InChI=1S/C18H21BrN4OS/c1-3-22(4-2)11-12-23-14-8-6-5-7-13(14)20-18(23)21-17(24)15-9-10-16(19)25-15/h5-10H,3-4,11-12H2,1-2H3,(H,20,21,24). The quantitative estimate of drug-likeness (QED) is 0.613. The second kappa shape index (κ2) is 8.12. The van der Waals surface area contributed by atoms with Gasteiger partial charge in [-0.05, 0) is 53.3 Å². The summed E-state index contributed by atoms with van der Waals surface area (Å²) in [5.74, 6) is 0.470. The number of anilines is 1.